The molecule has 0 fully saturated rings. The van der Waals surface area contributed by atoms with Crippen LogP contribution in [0.2, 0.25) is 5.15 Å². The molecule has 0 spiro atoms. The van der Waals surface area contributed by atoms with Crippen LogP contribution in [0.3, 0.4) is 0 Å². The number of ketones is 1. The Kier molecular flexibility index (Phi) is 37.5. The Morgan fingerprint density at radius 2 is 1.25 bits per heavy atom. The lowest BCUT2D eigenvalue weighted by molar-refractivity contribution is -0.152. The largest absolute Gasteiger partial charge is 0.497 e. The van der Waals surface area contributed by atoms with Crippen molar-refractivity contribution in [3.8, 4) is 17.1 Å². The van der Waals surface area contributed by atoms with Crippen LogP contribution in [0, 0.1) is 0 Å². The molecule has 0 aliphatic carbocycles. The highest BCUT2D eigenvalue weighted by Crippen LogP contribution is 2.32. The van der Waals surface area contributed by atoms with Gasteiger partial charge in [0.15, 0.2) is 31.9 Å². The lowest BCUT2D eigenvalue weighted by atomic mass is 10.1. The summed E-state index contributed by atoms with van der Waals surface area (Å²) in [6.45, 7) is 27.8. The number of nitrogens with two attached hydrogens (primary N) is 1. The van der Waals surface area contributed by atoms with E-state index in [0.29, 0.717) is 34.9 Å². The number of benzene rings is 1. The lowest BCUT2D eigenvalue weighted by Gasteiger charge is -2.16. The van der Waals surface area contributed by atoms with Crippen LogP contribution in [0.25, 0.3) is 22.2 Å². The van der Waals surface area contributed by atoms with Gasteiger partial charge in [0, 0.05) is 60.8 Å². The summed E-state index contributed by atoms with van der Waals surface area (Å²) in [5.41, 5.74) is 7.44. The molecule has 1 aromatic carbocycles. The van der Waals surface area contributed by atoms with Crippen LogP contribution in [-0.4, -0.2) is 120 Å². The molecule has 386 valence electrons. The number of hydrogen-bond donors (Lipinski definition) is 3. The van der Waals surface area contributed by atoms with Crippen LogP contribution in [0.1, 0.15) is 105 Å². The summed E-state index contributed by atoms with van der Waals surface area (Å²) in [6.07, 6.45) is 0. The van der Waals surface area contributed by atoms with Crippen molar-refractivity contribution in [2.45, 2.75) is 83.6 Å². The van der Waals surface area contributed by atoms with Gasteiger partial charge in [-0.25, -0.2) is 34.3 Å². The third kappa shape index (κ3) is 24.6. The molecule has 4 aromatic heterocycles. The first-order valence-corrected chi connectivity index (χ1v) is 26.6. The van der Waals surface area contributed by atoms with E-state index in [0.717, 1.165) is 82.6 Å². The number of hydrogen-bond acceptors (Lipinski definition) is 19. The molecule has 0 saturated heterocycles. The number of thiazole rings is 3. The van der Waals surface area contributed by atoms with Gasteiger partial charge in [-0.3, -0.25) is 4.79 Å². The molecule has 5 aromatic rings. The first-order chi connectivity index (χ1) is 32.6. The molecule has 0 radical (unpaired) electrons. The SMILES string of the molecule is C.CC.CCN(CC)c1nc(-c2cc3cc(OC)ccc3c(Cl)n2)cs1.CCNC(N)=S.CCNc1nc(C(=O)OCC)cs1.CCOC(=O)C(=O)CBr.CCOC(=O)c1csc(N(CC)CC)n1. The lowest BCUT2D eigenvalue weighted by Crippen LogP contribution is -2.28. The molecule has 0 bridgehead atoms. The number of halogens is 2. The van der Waals surface area contributed by atoms with E-state index in [1.807, 2.05) is 57.3 Å². The average Bonchev–Trinajstić information content (AvgIpc) is 4.15. The monoisotopic (exact) mass is 1120 g/mol. The number of nitrogens with one attached hydrogen (secondary N) is 2. The zero-order chi connectivity index (χ0) is 51.6. The number of pyridine rings is 1. The zero-order valence-corrected chi connectivity index (χ0v) is 46.6. The second-order valence-corrected chi connectivity index (χ2v) is 16.3. The minimum absolute atomic E-state index is 0. The van der Waals surface area contributed by atoms with E-state index in [1.165, 1.54) is 22.7 Å². The van der Waals surface area contributed by atoms with Gasteiger partial charge in [-0.15, -0.1) is 34.0 Å². The first-order valence-electron chi connectivity index (χ1n) is 22.0. The van der Waals surface area contributed by atoms with E-state index in [-0.39, 0.29) is 31.3 Å². The second kappa shape index (κ2) is 39.0. The maximum absolute atomic E-state index is 11.4. The fourth-order valence-electron chi connectivity index (χ4n) is 4.92. The minimum atomic E-state index is -0.769. The number of anilines is 3. The molecular formula is C46H71BrClN9O8S4. The molecule has 0 saturated carbocycles. The number of rotatable bonds is 18. The van der Waals surface area contributed by atoms with E-state index in [9.17, 15) is 19.2 Å². The number of nitrogens with zero attached hydrogens (tertiary/aromatic N) is 6. The number of methoxy groups -OCH3 is 1. The number of aromatic nitrogens is 4. The number of ether oxygens (including phenoxy) is 4. The topological polar surface area (TPSA) is 213 Å². The first kappa shape index (κ1) is 66.3. The van der Waals surface area contributed by atoms with E-state index in [4.69, 9.17) is 36.5 Å². The number of fused-ring (bicyclic) bond motifs is 1. The van der Waals surface area contributed by atoms with Gasteiger partial charge in [0.05, 0.1) is 38.0 Å². The summed E-state index contributed by atoms with van der Waals surface area (Å²) >= 11 is 18.1. The van der Waals surface area contributed by atoms with E-state index >= 15 is 0 Å². The highest BCUT2D eigenvalue weighted by molar-refractivity contribution is 9.09. The zero-order valence-electron chi connectivity index (χ0n) is 41.0. The molecule has 17 nitrogen and oxygen atoms in total. The molecule has 5 rings (SSSR count). The van der Waals surface area contributed by atoms with E-state index in [2.05, 4.69) is 96.0 Å². The summed E-state index contributed by atoms with van der Waals surface area (Å²) in [5, 5.41) is 16.6. The second-order valence-electron chi connectivity index (χ2n) is 12.4. The predicted octanol–water partition coefficient (Wildman–Crippen LogP) is 10.8. The quantitative estimate of drug-likeness (QED) is 0.0186. The Hall–Kier alpha value is -4.74. The van der Waals surface area contributed by atoms with Crippen molar-refractivity contribution in [1.29, 1.82) is 0 Å². The van der Waals surface area contributed by atoms with Gasteiger partial charge >= 0.3 is 17.9 Å². The van der Waals surface area contributed by atoms with Crippen molar-refractivity contribution >= 4 is 129 Å². The molecule has 0 atom stereocenters. The fourth-order valence-corrected chi connectivity index (χ4v) is 8.18. The minimum Gasteiger partial charge on any atom is -0.497 e. The van der Waals surface area contributed by atoms with Crippen molar-refractivity contribution in [2.75, 3.05) is 86.6 Å². The fraction of sp³-hybridized carbons (Fsp3) is 0.500. The van der Waals surface area contributed by atoms with Gasteiger partial charge in [-0.05, 0) is 104 Å². The summed E-state index contributed by atoms with van der Waals surface area (Å²) in [4.78, 5) is 65.1. The molecule has 0 amide bonds. The van der Waals surface area contributed by atoms with Gasteiger partial charge in [0.25, 0.3) is 0 Å². The molecule has 4 N–H and O–H groups in total. The summed E-state index contributed by atoms with van der Waals surface area (Å²) in [7, 11) is 1.65. The Morgan fingerprint density at radius 3 is 1.71 bits per heavy atom. The van der Waals surface area contributed by atoms with Gasteiger partial charge in [0.1, 0.15) is 16.6 Å². The molecule has 0 aliphatic heterocycles. The molecule has 69 heavy (non-hydrogen) atoms. The predicted molar refractivity (Wildman–Crippen MR) is 296 cm³/mol. The van der Waals surface area contributed by atoms with Crippen LogP contribution in [0.5, 0.6) is 5.75 Å². The van der Waals surface area contributed by atoms with E-state index in [1.54, 1.807) is 50.0 Å². The maximum atomic E-state index is 11.4. The Morgan fingerprint density at radius 1 is 0.725 bits per heavy atom. The van der Waals surface area contributed by atoms with Gasteiger partial charge in [-0.2, -0.15) is 0 Å². The molecule has 23 heteroatoms. The normalized spacial score (nSPS) is 9.54. The Labute approximate surface area is 439 Å². The van der Waals surface area contributed by atoms with Crippen molar-refractivity contribution in [3.63, 3.8) is 0 Å². The molecule has 0 unspecified atom stereocenters. The van der Waals surface area contributed by atoms with Crippen molar-refractivity contribution in [2.24, 2.45) is 5.73 Å². The van der Waals surface area contributed by atoms with Crippen LogP contribution in [0.15, 0.2) is 40.4 Å². The Bertz CT molecular complexity index is 2240. The average molecular weight is 1120 g/mol. The molecule has 4 heterocycles. The Balaban J connectivity index is 0. The number of esters is 3. The molecular weight excluding hydrogens is 1050 g/mol. The van der Waals surface area contributed by atoms with Gasteiger partial charge in [0.2, 0.25) is 5.78 Å². The van der Waals surface area contributed by atoms with Crippen molar-refractivity contribution < 1.29 is 38.1 Å². The van der Waals surface area contributed by atoms with Crippen LogP contribution >= 0.6 is 73.8 Å². The third-order valence-electron chi connectivity index (χ3n) is 8.08. The highest BCUT2D eigenvalue weighted by atomic mass is 79.9. The smallest absolute Gasteiger partial charge is 0.375 e. The highest BCUT2D eigenvalue weighted by Gasteiger charge is 2.16. The van der Waals surface area contributed by atoms with Crippen molar-refractivity contribution in [1.82, 2.24) is 25.3 Å². The number of carbonyl (C=O) groups excluding carboxylic acids is 4. The van der Waals surface area contributed by atoms with Gasteiger partial charge in [-0.1, -0.05) is 48.8 Å². The summed E-state index contributed by atoms with van der Waals surface area (Å²) in [5.74, 6) is -1.21. The number of Topliss-reactive ketones (excluding diaryl/α,β-unsaturated/α-hetero) is 1. The van der Waals surface area contributed by atoms with Gasteiger partial charge < -0.3 is 45.1 Å². The maximum Gasteiger partial charge on any atom is 0.375 e. The third-order valence-corrected chi connectivity index (χ3v) is 11.6. The standard InChI is InChI=1S/C17H18ClN3OS.C10H16N2O2S.C8H12N2O2S.C5H7BrO3.C3H8N2S.C2H6.CH4/c1-4-21(5-2)17-20-15(10-23-17)14-9-11-8-12(22-3)6-7-13(11)16(18)19-14;1-4-12(5-2)10-11-8(7-15-10)9(13)14-6-3;1-3-9-8-10-6(5-13-8)7(11)12-4-2;1-2-9-5(8)4(7)3-6;1-2-5-3(4)6;1-2;/h6-10H,4-5H2,1-3H3;7H,4-6H2,1-3H3;5H,3-4H2,1-2H3,(H,9,10);2-3H2,1H3;2H2,1H3,(H3,4,5,6);1-2H3;1H4. The number of thiocarbonyl (C=S) groups is 1. The summed E-state index contributed by atoms with van der Waals surface area (Å²) < 4.78 is 19.3. The van der Waals surface area contributed by atoms with Crippen molar-refractivity contribution in [3.05, 3.63) is 56.9 Å². The molecule has 0 aliphatic rings. The number of alkyl halides is 1. The van der Waals surface area contributed by atoms with Crippen LogP contribution in [0.4, 0.5) is 15.4 Å². The summed E-state index contributed by atoms with van der Waals surface area (Å²) in [6, 6.07) is 7.78. The van der Waals surface area contributed by atoms with E-state index < -0.39 is 11.8 Å². The van der Waals surface area contributed by atoms with Crippen LogP contribution < -0.4 is 30.9 Å². The van der Waals surface area contributed by atoms with Crippen LogP contribution in [-0.2, 0) is 23.8 Å². The number of carbonyl (C=O) groups is 4.